The highest BCUT2D eigenvalue weighted by Gasteiger charge is 2.16. The number of unbranched alkanes of at least 4 members (excludes halogenated alkanes) is 1. The number of ether oxygens (including phenoxy) is 1. The van der Waals surface area contributed by atoms with E-state index in [1.165, 1.54) is 51.4 Å². The lowest BCUT2D eigenvalue weighted by atomic mass is 10.0. The van der Waals surface area contributed by atoms with Crippen molar-refractivity contribution >= 4 is 0 Å². The third-order valence-corrected chi connectivity index (χ3v) is 3.58. The summed E-state index contributed by atoms with van der Waals surface area (Å²) in [5, 5.41) is 3.70. The molecule has 2 atom stereocenters. The molecule has 1 aliphatic rings. The van der Waals surface area contributed by atoms with E-state index in [0.29, 0.717) is 12.1 Å². The van der Waals surface area contributed by atoms with Crippen LogP contribution < -0.4 is 5.32 Å². The molecule has 1 aliphatic heterocycles. The molecule has 0 saturated carbocycles. The smallest absolute Gasteiger partial charge is 0.0576 e. The van der Waals surface area contributed by atoms with Crippen molar-refractivity contribution in [3.05, 3.63) is 0 Å². The van der Waals surface area contributed by atoms with Gasteiger partial charge in [0.2, 0.25) is 0 Å². The third-order valence-electron chi connectivity index (χ3n) is 3.58. The van der Waals surface area contributed by atoms with Crippen molar-refractivity contribution in [1.29, 1.82) is 0 Å². The molecule has 102 valence electrons. The van der Waals surface area contributed by atoms with Crippen LogP contribution in [0.4, 0.5) is 0 Å². The highest BCUT2D eigenvalue weighted by Crippen LogP contribution is 2.19. The summed E-state index contributed by atoms with van der Waals surface area (Å²) < 4.78 is 5.68. The van der Waals surface area contributed by atoms with Crippen LogP contribution in [0.2, 0.25) is 0 Å². The highest BCUT2D eigenvalue weighted by atomic mass is 16.5. The van der Waals surface area contributed by atoms with Gasteiger partial charge >= 0.3 is 0 Å². The maximum Gasteiger partial charge on any atom is 0.0576 e. The van der Waals surface area contributed by atoms with Gasteiger partial charge in [0.05, 0.1) is 6.10 Å². The zero-order chi connectivity index (χ0) is 12.5. The molecule has 1 saturated heterocycles. The molecule has 1 rings (SSSR count). The predicted molar refractivity (Wildman–Crippen MR) is 74.4 cm³/mol. The Morgan fingerprint density at radius 3 is 2.59 bits per heavy atom. The van der Waals surface area contributed by atoms with Crippen molar-refractivity contribution < 1.29 is 4.74 Å². The number of rotatable bonds is 9. The van der Waals surface area contributed by atoms with Crippen molar-refractivity contribution in [3.8, 4) is 0 Å². The minimum absolute atomic E-state index is 0.570. The molecule has 2 heteroatoms. The van der Waals surface area contributed by atoms with Gasteiger partial charge in [-0.2, -0.15) is 0 Å². The normalized spacial score (nSPS) is 22.2. The summed E-state index contributed by atoms with van der Waals surface area (Å²) >= 11 is 0. The molecule has 0 aliphatic carbocycles. The van der Waals surface area contributed by atoms with E-state index in [1.807, 2.05) is 0 Å². The molecular weight excluding hydrogens is 210 g/mol. The summed E-state index contributed by atoms with van der Waals surface area (Å²) in [6.45, 7) is 7.77. The first-order valence-corrected chi connectivity index (χ1v) is 7.60. The van der Waals surface area contributed by atoms with Gasteiger partial charge in [0.15, 0.2) is 0 Å². The lowest BCUT2D eigenvalue weighted by molar-refractivity contribution is 0.101. The summed E-state index contributed by atoms with van der Waals surface area (Å²) in [7, 11) is 0. The van der Waals surface area contributed by atoms with Crippen LogP contribution in [0, 0.1) is 0 Å². The molecular formula is C15H31NO. The van der Waals surface area contributed by atoms with Gasteiger partial charge in [-0.1, -0.05) is 33.6 Å². The van der Waals surface area contributed by atoms with E-state index in [4.69, 9.17) is 4.74 Å². The van der Waals surface area contributed by atoms with E-state index in [9.17, 15) is 0 Å². The van der Waals surface area contributed by atoms with Gasteiger partial charge < -0.3 is 10.1 Å². The van der Waals surface area contributed by atoms with Gasteiger partial charge in [0.25, 0.3) is 0 Å². The van der Waals surface area contributed by atoms with Crippen molar-refractivity contribution in [2.45, 2.75) is 90.3 Å². The second kappa shape index (κ2) is 8.93. The van der Waals surface area contributed by atoms with E-state index in [-0.39, 0.29) is 0 Å². The molecule has 0 radical (unpaired) electrons. The van der Waals surface area contributed by atoms with Crippen molar-refractivity contribution in [3.63, 3.8) is 0 Å². The lowest BCUT2D eigenvalue weighted by Gasteiger charge is -2.21. The Balaban J connectivity index is 2.12. The molecule has 0 aromatic carbocycles. The summed E-state index contributed by atoms with van der Waals surface area (Å²) in [6, 6.07) is 1.33. The first kappa shape index (κ1) is 15.0. The highest BCUT2D eigenvalue weighted by molar-refractivity contribution is 4.72. The molecule has 17 heavy (non-hydrogen) atoms. The van der Waals surface area contributed by atoms with Crippen molar-refractivity contribution in [1.82, 2.24) is 5.32 Å². The maximum atomic E-state index is 5.68. The third kappa shape index (κ3) is 7.05. The Labute approximate surface area is 108 Å². The van der Waals surface area contributed by atoms with Gasteiger partial charge in [0, 0.05) is 18.7 Å². The zero-order valence-electron chi connectivity index (χ0n) is 12.0. The standard InChI is InChI=1S/C15H31NO/c1-4-5-8-14(16-13(2)3)9-6-10-15-11-7-12-17-15/h13-16H,4-12H2,1-3H3. The largest absolute Gasteiger partial charge is 0.378 e. The summed E-state index contributed by atoms with van der Waals surface area (Å²) in [6.07, 6.45) is 11.0. The summed E-state index contributed by atoms with van der Waals surface area (Å²) in [5.74, 6) is 0. The van der Waals surface area contributed by atoms with Crippen LogP contribution in [0.25, 0.3) is 0 Å². The molecule has 0 spiro atoms. The van der Waals surface area contributed by atoms with Gasteiger partial charge in [-0.15, -0.1) is 0 Å². The second-order valence-corrected chi connectivity index (χ2v) is 5.73. The molecule has 1 N–H and O–H groups in total. The Morgan fingerprint density at radius 1 is 1.24 bits per heavy atom. The van der Waals surface area contributed by atoms with E-state index in [1.54, 1.807) is 0 Å². The Morgan fingerprint density at radius 2 is 2.00 bits per heavy atom. The number of nitrogens with one attached hydrogen (secondary N) is 1. The molecule has 0 aromatic rings. The number of hydrogen-bond acceptors (Lipinski definition) is 2. The van der Waals surface area contributed by atoms with Gasteiger partial charge in [0.1, 0.15) is 0 Å². The van der Waals surface area contributed by atoms with Crippen LogP contribution in [-0.2, 0) is 4.74 Å². The Hall–Kier alpha value is -0.0800. The zero-order valence-corrected chi connectivity index (χ0v) is 12.0. The quantitative estimate of drug-likeness (QED) is 0.661. The predicted octanol–water partition coefficient (Wildman–Crippen LogP) is 3.89. The lowest BCUT2D eigenvalue weighted by Crippen LogP contribution is -2.34. The van der Waals surface area contributed by atoms with E-state index in [2.05, 4.69) is 26.1 Å². The molecule has 0 amide bonds. The SMILES string of the molecule is CCCCC(CCCC1CCCO1)NC(C)C. The van der Waals surface area contributed by atoms with Crippen LogP contribution in [0.3, 0.4) is 0 Å². The average Bonchev–Trinajstić information content (AvgIpc) is 2.78. The Bertz CT molecular complexity index is 176. The molecule has 1 heterocycles. The molecule has 2 nitrogen and oxygen atoms in total. The van der Waals surface area contributed by atoms with Crippen molar-refractivity contribution in [2.24, 2.45) is 0 Å². The fourth-order valence-electron chi connectivity index (χ4n) is 2.70. The van der Waals surface area contributed by atoms with Crippen molar-refractivity contribution in [2.75, 3.05) is 6.61 Å². The molecule has 2 unspecified atom stereocenters. The van der Waals surface area contributed by atoms with Crippen LogP contribution >= 0.6 is 0 Å². The van der Waals surface area contributed by atoms with Crippen LogP contribution in [0.5, 0.6) is 0 Å². The van der Waals surface area contributed by atoms with E-state index < -0.39 is 0 Å². The topological polar surface area (TPSA) is 21.3 Å². The average molecular weight is 241 g/mol. The monoisotopic (exact) mass is 241 g/mol. The Kier molecular flexibility index (Phi) is 7.87. The minimum Gasteiger partial charge on any atom is -0.378 e. The van der Waals surface area contributed by atoms with Gasteiger partial charge in [-0.25, -0.2) is 0 Å². The summed E-state index contributed by atoms with van der Waals surface area (Å²) in [4.78, 5) is 0. The maximum absolute atomic E-state index is 5.68. The fourth-order valence-corrected chi connectivity index (χ4v) is 2.70. The van der Waals surface area contributed by atoms with E-state index >= 15 is 0 Å². The summed E-state index contributed by atoms with van der Waals surface area (Å²) in [5.41, 5.74) is 0. The first-order chi connectivity index (χ1) is 8.22. The van der Waals surface area contributed by atoms with E-state index in [0.717, 1.165) is 12.6 Å². The molecule has 1 fully saturated rings. The van der Waals surface area contributed by atoms with Crippen LogP contribution in [-0.4, -0.2) is 24.8 Å². The second-order valence-electron chi connectivity index (χ2n) is 5.73. The van der Waals surface area contributed by atoms with Crippen LogP contribution in [0.15, 0.2) is 0 Å². The molecule has 0 aromatic heterocycles. The fraction of sp³-hybridized carbons (Fsp3) is 1.00. The molecule has 0 bridgehead atoms. The van der Waals surface area contributed by atoms with Gasteiger partial charge in [-0.05, 0) is 38.5 Å². The van der Waals surface area contributed by atoms with Gasteiger partial charge in [-0.3, -0.25) is 0 Å². The minimum atomic E-state index is 0.570. The first-order valence-electron chi connectivity index (χ1n) is 7.60. The van der Waals surface area contributed by atoms with Crippen LogP contribution in [0.1, 0.15) is 72.1 Å². The number of hydrogen-bond donors (Lipinski definition) is 1.